The Kier molecular flexibility index (Phi) is 4.74. The van der Waals surface area contributed by atoms with Crippen molar-refractivity contribution in [1.82, 2.24) is 4.90 Å². The Balaban J connectivity index is 1.72. The highest BCUT2D eigenvalue weighted by atomic mass is 16.5. The number of hydrogen-bond donors (Lipinski definition) is 0. The molecule has 2 saturated heterocycles. The lowest BCUT2D eigenvalue weighted by Crippen LogP contribution is -2.46. The zero-order chi connectivity index (χ0) is 16.4. The molecule has 0 spiro atoms. The first-order valence-corrected chi connectivity index (χ1v) is 8.52. The van der Waals surface area contributed by atoms with Crippen molar-refractivity contribution in [3.8, 4) is 0 Å². The van der Waals surface area contributed by atoms with E-state index in [0.29, 0.717) is 18.7 Å². The fourth-order valence-electron chi connectivity index (χ4n) is 4.09. The first-order chi connectivity index (χ1) is 11.0. The average molecular weight is 317 g/mol. The maximum absolute atomic E-state index is 12.9. The number of piperidine rings is 1. The predicted octanol–water partition coefficient (Wildman–Crippen LogP) is 2.76. The molecule has 0 amide bonds. The second-order valence-corrected chi connectivity index (χ2v) is 7.18. The van der Waals surface area contributed by atoms with Crippen molar-refractivity contribution in [1.29, 1.82) is 0 Å². The minimum absolute atomic E-state index is 0.0380. The summed E-state index contributed by atoms with van der Waals surface area (Å²) in [6, 6.07) is 10.9. The molecule has 4 heteroatoms. The number of benzene rings is 1. The van der Waals surface area contributed by atoms with Crippen molar-refractivity contribution in [3.63, 3.8) is 0 Å². The zero-order valence-electron chi connectivity index (χ0n) is 14.3. The fourth-order valence-corrected chi connectivity index (χ4v) is 4.09. The number of methoxy groups -OCH3 is 1. The summed E-state index contributed by atoms with van der Waals surface area (Å²) in [5.41, 5.74) is 0.195. The van der Waals surface area contributed by atoms with Crippen LogP contribution < -0.4 is 0 Å². The van der Waals surface area contributed by atoms with Gasteiger partial charge in [0.25, 0.3) is 0 Å². The van der Waals surface area contributed by atoms with Crippen molar-refractivity contribution in [2.24, 2.45) is 0 Å². The summed E-state index contributed by atoms with van der Waals surface area (Å²) in [7, 11) is 3.82. The van der Waals surface area contributed by atoms with E-state index in [4.69, 9.17) is 9.47 Å². The van der Waals surface area contributed by atoms with E-state index >= 15 is 0 Å². The number of hydrogen-bond acceptors (Lipinski definition) is 4. The Labute approximate surface area is 138 Å². The molecule has 1 aromatic carbocycles. The van der Waals surface area contributed by atoms with E-state index in [1.54, 1.807) is 7.11 Å². The highest BCUT2D eigenvalue weighted by Gasteiger charge is 2.43. The highest BCUT2D eigenvalue weighted by molar-refractivity contribution is 5.83. The summed E-state index contributed by atoms with van der Waals surface area (Å²) >= 11 is 0. The van der Waals surface area contributed by atoms with Crippen LogP contribution in [0.2, 0.25) is 0 Å². The van der Waals surface area contributed by atoms with Crippen LogP contribution in [0.25, 0.3) is 0 Å². The third-order valence-electron chi connectivity index (χ3n) is 5.62. The van der Waals surface area contributed by atoms with Crippen LogP contribution in [0.5, 0.6) is 0 Å². The molecule has 3 rings (SSSR count). The normalized spacial score (nSPS) is 30.0. The summed E-state index contributed by atoms with van der Waals surface area (Å²) in [4.78, 5) is 15.4. The van der Waals surface area contributed by atoms with E-state index in [0.717, 1.165) is 18.4 Å². The average Bonchev–Trinajstić information content (AvgIpc) is 2.76. The van der Waals surface area contributed by atoms with Crippen molar-refractivity contribution >= 4 is 5.97 Å². The van der Waals surface area contributed by atoms with E-state index in [-0.39, 0.29) is 12.1 Å². The van der Waals surface area contributed by atoms with Gasteiger partial charge in [-0.15, -0.1) is 0 Å². The monoisotopic (exact) mass is 317 g/mol. The summed E-state index contributed by atoms with van der Waals surface area (Å²) in [6.07, 6.45) is 4.40. The van der Waals surface area contributed by atoms with Crippen molar-refractivity contribution < 1.29 is 14.3 Å². The second-order valence-electron chi connectivity index (χ2n) is 7.18. The molecule has 126 valence electrons. The quantitative estimate of drug-likeness (QED) is 0.783. The fraction of sp³-hybridized carbons (Fsp3) is 0.632. The van der Waals surface area contributed by atoms with Crippen molar-refractivity contribution in [2.45, 2.75) is 56.2 Å². The Morgan fingerprint density at radius 3 is 2.39 bits per heavy atom. The van der Waals surface area contributed by atoms with Crippen LogP contribution in [-0.2, 0) is 19.7 Å². The molecule has 23 heavy (non-hydrogen) atoms. The maximum atomic E-state index is 12.9. The van der Waals surface area contributed by atoms with Gasteiger partial charge in [-0.2, -0.15) is 0 Å². The molecule has 1 unspecified atom stereocenters. The first kappa shape index (κ1) is 16.5. The van der Waals surface area contributed by atoms with Crippen LogP contribution in [0.4, 0.5) is 0 Å². The molecule has 2 fully saturated rings. The first-order valence-electron chi connectivity index (χ1n) is 8.52. The molecule has 2 aliphatic rings. The van der Waals surface area contributed by atoms with E-state index in [1.807, 2.05) is 37.3 Å². The van der Waals surface area contributed by atoms with Gasteiger partial charge in [-0.1, -0.05) is 30.3 Å². The molecule has 0 saturated carbocycles. The maximum Gasteiger partial charge on any atom is 0.318 e. The van der Waals surface area contributed by atoms with Gasteiger partial charge in [-0.3, -0.25) is 4.79 Å². The molecule has 0 aromatic heterocycles. The number of carbonyl (C=O) groups is 1. The number of rotatable bonds is 5. The standard InChI is InChI=1S/C19H27NO3/c1-19(13-22-3,14-7-5-4-6-8-14)18(21)23-17-11-15-9-10-16(12-17)20(15)2/h4-8,15-17H,9-13H2,1-3H3/t15-,16+,17-,19?. The largest absolute Gasteiger partial charge is 0.462 e. The summed E-state index contributed by atoms with van der Waals surface area (Å²) in [6.45, 7) is 2.24. The molecule has 2 aliphatic heterocycles. The number of nitrogens with zero attached hydrogens (tertiary/aromatic N) is 1. The second kappa shape index (κ2) is 6.62. The van der Waals surface area contributed by atoms with Crippen LogP contribution in [0, 0.1) is 0 Å². The molecule has 2 bridgehead atoms. The van der Waals surface area contributed by atoms with Crippen molar-refractivity contribution in [2.75, 3.05) is 20.8 Å². The lowest BCUT2D eigenvalue weighted by molar-refractivity contribution is -0.161. The Hall–Kier alpha value is -1.39. The van der Waals surface area contributed by atoms with E-state index in [2.05, 4.69) is 11.9 Å². The van der Waals surface area contributed by atoms with Gasteiger partial charge in [-0.25, -0.2) is 0 Å². The lowest BCUT2D eigenvalue weighted by atomic mass is 9.83. The van der Waals surface area contributed by atoms with Gasteiger partial charge < -0.3 is 14.4 Å². The smallest absolute Gasteiger partial charge is 0.318 e. The molecule has 0 aliphatic carbocycles. The molecule has 1 aromatic rings. The topological polar surface area (TPSA) is 38.8 Å². The minimum atomic E-state index is -0.752. The third-order valence-corrected chi connectivity index (χ3v) is 5.62. The molecular formula is C19H27NO3. The van der Waals surface area contributed by atoms with E-state index < -0.39 is 5.41 Å². The highest BCUT2D eigenvalue weighted by Crippen LogP contribution is 2.36. The number of esters is 1. The van der Waals surface area contributed by atoms with Crippen LogP contribution in [0.3, 0.4) is 0 Å². The van der Waals surface area contributed by atoms with E-state index in [1.165, 1.54) is 12.8 Å². The van der Waals surface area contributed by atoms with Crippen LogP contribution >= 0.6 is 0 Å². The number of ether oxygens (including phenoxy) is 2. The van der Waals surface area contributed by atoms with Gasteiger partial charge in [0.15, 0.2) is 0 Å². The number of carbonyl (C=O) groups excluding carboxylic acids is 1. The van der Waals surface area contributed by atoms with Gasteiger partial charge >= 0.3 is 5.97 Å². The minimum Gasteiger partial charge on any atom is -0.462 e. The molecular weight excluding hydrogens is 290 g/mol. The summed E-state index contributed by atoms with van der Waals surface area (Å²) < 4.78 is 11.3. The Bertz CT molecular complexity index is 533. The van der Waals surface area contributed by atoms with Crippen LogP contribution in [-0.4, -0.2) is 49.8 Å². The summed E-state index contributed by atoms with van der Waals surface area (Å²) in [5, 5.41) is 0. The van der Waals surface area contributed by atoms with Gasteiger partial charge in [-0.05, 0) is 45.2 Å². The third kappa shape index (κ3) is 3.15. The number of fused-ring (bicyclic) bond motifs is 2. The lowest BCUT2D eigenvalue weighted by Gasteiger charge is -2.37. The van der Waals surface area contributed by atoms with Gasteiger partial charge in [0.05, 0.1) is 6.61 Å². The van der Waals surface area contributed by atoms with Gasteiger partial charge in [0.2, 0.25) is 0 Å². The molecule has 0 N–H and O–H groups in total. The Morgan fingerprint density at radius 2 is 1.83 bits per heavy atom. The molecule has 2 heterocycles. The Morgan fingerprint density at radius 1 is 1.22 bits per heavy atom. The zero-order valence-corrected chi connectivity index (χ0v) is 14.3. The SMILES string of the molecule is COCC(C)(C(=O)O[C@@H]1C[C@H]2CC[C@@H](C1)N2C)c1ccccc1. The molecule has 4 atom stereocenters. The molecule has 0 radical (unpaired) electrons. The van der Waals surface area contributed by atoms with Crippen LogP contribution in [0.1, 0.15) is 38.2 Å². The van der Waals surface area contributed by atoms with E-state index in [9.17, 15) is 4.79 Å². The van der Waals surface area contributed by atoms with Crippen LogP contribution in [0.15, 0.2) is 30.3 Å². The van der Waals surface area contributed by atoms with Gasteiger partial charge in [0.1, 0.15) is 11.5 Å². The summed E-state index contributed by atoms with van der Waals surface area (Å²) in [5.74, 6) is -0.167. The predicted molar refractivity (Wildman–Crippen MR) is 89.4 cm³/mol. The van der Waals surface area contributed by atoms with Crippen molar-refractivity contribution in [3.05, 3.63) is 35.9 Å². The van der Waals surface area contributed by atoms with Gasteiger partial charge in [0, 0.05) is 19.2 Å². The molecule has 4 nitrogen and oxygen atoms in total.